The van der Waals surface area contributed by atoms with Crippen LogP contribution in [0.5, 0.6) is 0 Å². The molecule has 0 aromatic rings. The van der Waals surface area contributed by atoms with Crippen LogP contribution in [-0.2, 0) is 4.79 Å². The van der Waals surface area contributed by atoms with Gasteiger partial charge in [0.2, 0.25) is 0 Å². The molecule has 2 fully saturated rings. The second-order valence-corrected chi connectivity index (χ2v) is 8.68. The third-order valence-electron chi connectivity index (χ3n) is 6.43. The molecule has 162 valence electrons. The van der Waals surface area contributed by atoms with Crippen LogP contribution < -0.4 is 0 Å². The monoisotopic (exact) mass is 404 g/mol. The van der Waals surface area contributed by atoms with E-state index in [0.717, 1.165) is 38.4 Å². The topological polar surface area (TPSA) is 59.2 Å². The molecule has 0 radical (unpaired) electrons. The minimum Gasteiger partial charge on any atom is -0.292 e. The zero-order valence-corrected chi connectivity index (χ0v) is 18.5. The fourth-order valence-corrected chi connectivity index (χ4v) is 4.59. The molecule has 0 spiro atoms. The van der Waals surface area contributed by atoms with Gasteiger partial charge in [0.05, 0.1) is 6.54 Å². The molecule has 3 aliphatic rings. The van der Waals surface area contributed by atoms with E-state index in [0.29, 0.717) is 5.84 Å². The molecular formula is C22H38N5O2+. The first-order chi connectivity index (χ1) is 14.0. The normalized spacial score (nSPS) is 23.1. The lowest BCUT2D eigenvalue weighted by molar-refractivity contribution is -0.537. The molecule has 0 bridgehead atoms. The highest BCUT2D eigenvalue weighted by atomic mass is 16.2. The van der Waals surface area contributed by atoms with Crippen LogP contribution in [0.4, 0.5) is 4.79 Å². The van der Waals surface area contributed by atoms with Crippen LogP contribution in [0.1, 0.15) is 71.1 Å². The number of hydrogen-bond donors (Lipinski definition) is 0. The summed E-state index contributed by atoms with van der Waals surface area (Å²) in [5, 5.41) is 0. The highest BCUT2D eigenvalue weighted by Gasteiger charge is 2.52. The van der Waals surface area contributed by atoms with E-state index in [-0.39, 0.29) is 11.9 Å². The maximum atomic E-state index is 12.9. The smallest absolute Gasteiger partial charge is 0.292 e. The van der Waals surface area contributed by atoms with E-state index in [2.05, 4.69) is 16.4 Å². The number of urea groups is 1. The fraction of sp³-hybridized carbons (Fsp3) is 0.818. The molecule has 1 unspecified atom stereocenters. The number of unbranched alkanes of at least 4 members (excludes halogenated alkanes) is 6. The van der Waals surface area contributed by atoms with Crippen molar-refractivity contribution in [2.45, 2.75) is 77.2 Å². The predicted molar refractivity (Wildman–Crippen MR) is 116 cm³/mol. The lowest BCUT2D eigenvalue weighted by Crippen LogP contribution is -2.61. The summed E-state index contributed by atoms with van der Waals surface area (Å²) >= 11 is 0. The molecule has 3 amide bonds. The van der Waals surface area contributed by atoms with Crippen molar-refractivity contribution >= 4 is 23.6 Å². The molecular weight excluding hydrogens is 366 g/mol. The van der Waals surface area contributed by atoms with Gasteiger partial charge < -0.3 is 0 Å². The minimum absolute atomic E-state index is 0.150. The van der Waals surface area contributed by atoms with Gasteiger partial charge >= 0.3 is 11.9 Å². The van der Waals surface area contributed by atoms with Crippen molar-refractivity contribution in [1.82, 2.24) is 14.7 Å². The molecule has 3 rings (SSSR count). The molecule has 0 aromatic carbocycles. The van der Waals surface area contributed by atoms with Gasteiger partial charge in [-0.3, -0.25) is 19.5 Å². The average molecular weight is 405 g/mol. The third-order valence-corrected chi connectivity index (χ3v) is 6.43. The number of likely N-dealkylation sites (N-methyl/N-ethyl adjacent to an activating group) is 2. The lowest BCUT2D eigenvalue weighted by atomic mass is 10.1. The molecule has 0 aromatic heterocycles. The van der Waals surface area contributed by atoms with Crippen molar-refractivity contribution in [3.63, 3.8) is 0 Å². The Morgan fingerprint density at radius 1 is 0.931 bits per heavy atom. The van der Waals surface area contributed by atoms with E-state index in [1.54, 1.807) is 19.0 Å². The third kappa shape index (κ3) is 5.05. The number of fused-ring (bicyclic) bond motifs is 1. The Kier molecular flexibility index (Phi) is 7.81. The van der Waals surface area contributed by atoms with Gasteiger partial charge in [0.25, 0.3) is 17.8 Å². The number of carbonyl (C=O) groups excluding carboxylic acids is 2. The van der Waals surface area contributed by atoms with E-state index in [1.807, 2.05) is 0 Å². The Bertz CT molecular complexity index is 666. The first kappa shape index (κ1) is 21.9. The molecule has 3 aliphatic heterocycles. The summed E-state index contributed by atoms with van der Waals surface area (Å²) in [5.74, 6) is 1.41. The van der Waals surface area contributed by atoms with Crippen molar-refractivity contribution in [2.24, 2.45) is 4.99 Å². The second-order valence-electron chi connectivity index (χ2n) is 8.68. The number of likely N-dealkylation sites (tertiary alicyclic amines) is 1. The molecule has 0 aliphatic carbocycles. The molecule has 29 heavy (non-hydrogen) atoms. The Labute approximate surface area is 175 Å². The summed E-state index contributed by atoms with van der Waals surface area (Å²) in [5.41, 5.74) is 0. The van der Waals surface area contributed by atoms with Gasteiger partial charge in [-0.25, -0.2) is 9.37 Å². The van der Waals surface area contributed by atoms with E-state index >= 15 is 0 Å². The Morgan fingerprint density at radius 2 is 1.59 bits per heavy atom. The number of aliphatic imine (C=N–C) groups is 1. The zero-order chi connectivity index (χ0) is 20.8. The van der Waals surface area contributed by atoms with Gasteiger partial charge in [-0.15, -0.1) is 0 Å². The number of carbonyl (C=O) groups is 2. The summed E-state index contributed by atoms with van der Waals surface area (Å²) < 4.78 is 2.18. The van der Waals surface area contributed by atoms with Gasteiger partial charge in [-0.05, 0) is 43.8 Å². The van der Waals surface area contributed by atoms with Crippen LogP contribution in [0.25, 0.3) is 0 Å². The first-order valence-corrected chi connectivity index (χ1v) is 11.5. The lowest BCUT2D eigenvalue weighted by Gasteiger charge is -2.30. The summed E-state index contributed by atoms with van der Waals surface area (Å²) in [6, 6.07) is -0.734. The number of amides is 3. The van der Waals surface area contributed by atoms with Gasteiger partial charge in [-0.1, -0.05) is 45.4 Å². The van der Waals surface area contributed by atoms with Crippen molar-refractivity contribution in [2.75, 3.05) is 40.3 Å². The van der Waals surface area contributed by atoms with Gasteiger partial charge in [0, 0.05) is 14.1 Å². The quantitative estimate of drug-likeness (QED) is 0.415. The number of hydrogen-bond acceptors (Lipinski definition) is 4. The molecule has 2 saturated heterocycles. The Balaban J connectivity index is 1.69. The Morgan fingerprint density at radius 3 is 2.28 bits per heavy atom. The van der Waals surface area contributed by atoms with Crippen LogP contribution in [0.15, 0.2) is 4.99 Å². The standard InChI is InChI=1S/C22H38N5O2/c1-4-5-6-7-8-9-13-16-27-18(17-26-14-11-10-12-15-26)23-20-19(27)21(28)25(3)22(29)24(20)2/h19H,4-17H2,1-3H3/q+1. The highest BCUT2D eigenvalue weighted by Crippen LogP contribution is 2.21. The van der Waals surface area contributed by atoms with Crippen molar-refractivity contribution in [1.29, 1.82) is 0 Å². The predicted octanol–water partition coefficient (Wildman–Crippen LogP) is 2.94. The van der Waals surface area contributed by atoms with Crippen molar-refractivity contribution < 1.29 is 14.2 Å². The largest absolute Gasteiger partial charge is 0.333 e. The number of piperidine rings is 1. The van der Waals surface area contributed by atoms with E-state index in [4.69, 9.17) is 4.99 Å². The molecule has 1 atom stereocenters. The van der Waals surface area contributed by atoms with Crippen LogP contribution in [0.2, 0.25) is 0 Å². The van der Waals surface area contributed by atoms with Crippen molar-refractivity contribution in [3.8, 4) is 0 Å². The van der Waals surface area contributed by atoms with Crippen LogP contribution >= 0.6 is 0 Å². The van der Waals surface area contributed by atoms with E-state index in [1.165, 1.54) is 62.7 Å². The second kappa shape index (κ2) is 10.3. The van der Waals surface area contributed by atoms with Gasteiger partial charge in [-0.2, -0.15) is 0 Å². The van der Waals surface area contributed by atoms with Crippen molar-refractivity contribution in [3.05, 3.63) is 0 Å². The molecule has 0 saturated carbocycles. The van der Waals surface area contributed by atoms with E-state index in [9.17, 15) is 9.59 Å². The highest BCUT2D eigenvalue weighted by molar-refractivity contribution is 6.23. The number of imide groups is 1. The van der Waals surface area contributed by atoms with E-state index < -0.39 is 6.04 Å². The number of nitrogens with zero attached hydrogens (tertiary/aromatic N) is 5. The summed E-state index contributed by atoms with van der Waals surface area (Å²) in [6.07, 6.45) is 12.4. The van der Waals surface area contributed by atoms with Crippen LogP contribution in [0, 0.1) is 0 Å². The fourth-order valence-electron chi connectivity index (χ4n) is 4.59. The SMILES string of the molecule is CCCCCCCCC[N+]1=C(CN2CCCCC2)N=C2C1C(=O)N(C)C(=O)N2C. The maximum Gasteiger partial charge on any atom is 0.333 e. The molecule has 7 heteroatoms. The van der Waals surface area contributed by atoms with Crippen LogP contribution in [0.3, 0.4) is 0 Å². The summed E-state index contributed by atoms with van der Waals surface area (Å²) in [7, 11) is 3.30. The number of rotatable bonds is 10. The average Bonchev–Trinajstić information content (AvgIpc) is 3.09. The first-order valence-electron chi connectivity index (χ1n) is 11.5. The minimum atomic E-state index is -0.442. The Hall–Kier alpha value is -1.76. The molecule has 3 heterocycles. The molecule has 0 N–H and O–H groups in total. The number of amidine groups is 2. The summed E-state index contributed by atoms with van der Waals surface area (Å²) in [4.78, 5) is 35.4. The molecule has 7 nitrogen and oxygen atoms in total. The maximum absolute atomic E-state index is 12.9. The van der Waals surface area contributed by atoms with Gasteiger partial charge in [0.1, 0.15) is 6.54 Å². The summed E-state index contributed by atoms with van der Waals surface area (Å²) in [6.45, 7) is 6.02. The zero-order valence-electron chi connectivity index (χ0n) is 18.5. The van der Waals surface area contributed by atoms with Gasteiger partial charge in [0.15, 0.2) is 0 Å². The van der Waals surface area contributed by atoms with Crippen LogP contribution in [-0.4, -0.2) is 89.2 Å².